The molecule has 0 amide bonds. The summed E-state index contributed by atoms with van der Waals surface area (Å²) in [6.45, 7) is -0.288. The molecule has 1 aromatic carbocycles. The lowest BCUT2D eigenvalue weighted by Crippen LogP contribution is -2.23. The minimum absolute atomic E-state index is 0.0192. The molecular formula is C10H11F3O4S. The summed E-state index contributed by atoms with van der Waals surface area (Å²) >= 11 is 0. The second-order valence-corrected chi connectivity index (χ2v) is 5.49. The van der Waals surface area contributed by atoms with Crippen LogP contribution in [0.5, 0.6) is 0 Å². The van der Waals surface area contributed by atoms with Gasteiger partial charge in [-0.2, -0.15) is 13.2 Å². The molecule has 0 unspecified atom stereocenters. The van der Waals surface area contributed by atoms with Crippen LogP contribution >= 0.6 is 0 Å². The van der Waals surface area contributed by atoms with Crippen LogP contribution in [0.1, 0.15) is 18.1 Å². The Morgan fingerprint density at radius 3 is 2.06 bits per heavy atom. The Morgan fingerprint density at radius 2 is 1.67 bits per heavy atom. The smallest absolute Gasteiger partial charge is 0.396 e. The predicted molar refractivity (Wildman–Crippen MR) is 56.3 cm³/mol. The fourth-order valence-corrected chi connectivity index (χ4v) is 2.05. The van der Waals surface area contributed by atoms with Crippen molar-refractivity contribution >= 4 is 9.84 Å². The van der Waals surface area contributed by atoms with Crippen molar-refractivity contribution in [1.29, 1.82) is 0 Å². The fraction of sp³-hybridized carbons (Fsp3) is 0.400. The van der Waals surface area contributed by atoms with Crippen molar-refractivity contribution < 1.29 is 31.8 Å². The first kappa shape index (κ1) is 14.9. The molecule has 8 heteroatoms. The molecule has 0 radical (unpaired) electrons. The van der Waals surface area contributed by atoms with E-state index >= 15 is 0 Å². The molecule has 0 fully saturated rings. The zero-order valence-electron chi connectivity index (χ0n) is 9.05. The monoisotopic (exact) mass is 284 g/mol. The molecule has 0 saturated carbocycles. The van der Waals surface area contributed by atoms with Gasteiger partial charge in [0.05, 0.1) is 11.0 Å². The van der Waals surface area contributed by atoms with E-state index in [0.29, 0.717) is 0 Å². The topological polar surface area (TPSA) is 74.6 Å². The zero-order chi connectivity index (χ0) is 14.0. The number of sulfone groups is 1. The summed E-state index contributed by atoms with van der Waals surface area (Å²) in [5.41, 5.74) is -5.11. The standard InChI is InChI=1S/C10H11F3O4S/c11-10(12,13)18(16,17)8-3-1-7(2-4-8)9(15)5-6-14/h1-4,9,14-15H,5-6H2/t9-/m1/s1. The Balaban J connectivity index is 3.04. The number of aliphatic hydroxyl groups excluding tert-OH is 2. The number of aliphatic hydroxyl groups is 2. The van der Waals surface area contributed by atoms with Gasteiger partial charge in [0.15, 0.2) is 0 Å². The predicted octanol–water partition coefficient (Wildman–Crippen LogP) is 1.40. The van der Waals surface area contributed by atoms with Gasteiger partial charge in [0.2, 0.25) is 0 Å². The van der Waals surface area contributed by atoms with E-state index in [1.165, 1.54) is 0 Å². The highest BCUT2D eigenvalue weighted by Gasteiger charge is 2.46. The molecule has 1 rings (SSSR count). The maximum Gasteiger partial charge on any atom is 0.501 e. The van der Waals surface area contributed by atoms with Gasteiger partial charge in [0.25, 0.3) is 9.84 Å². The number of hydrogen-bond donors (Lipinski definition) is 2. The van der Waals surface area contributed by atoms with Crippen molar-refractivity contribution in [3.05, 3.63) is 29.8 Å². The molecule has 4 nitrogen and oxygen atoms in total. The van der Waals surface area contributed by atoms with Gasteiger partial charge in [-0.3, -0.25) is 0 Å². The molecule has 0 aliphatic rings. The maximum absolute atomic E-state index is 12.2. The lowest BCUT2D eigenvalue weighted by molar-refractivity contribution is -0.0436. The molecule has 0 heterocycles. The van der Waals surface area contributed by atoms with Crippen molar-refractivity contribution in [2.75, 3.05) is 6.61 Å². The van der Waals surface area contributed by atoms with E-state index in [9.17, 15) is 26.7 Å². The Morgan fingerprint density at radius 1 is 1.17 bits per heavy atom. The summed E-state index contributed by atoms with van der Waals surface area (Å²) in [6, 6.07) is 3.72. The van der Waals surface area contributed by atoms with Crippen molar-refractivity contribution in [3.63, 3.8) is 0 Å². The fourth-order valence-electron chi connectivity index (χ4n) is 1.29. The summed E-state index contributed by atoms with van der Waals surface area (Å²) in [4.78, 5) is -0.880. The van der Waals surface area contributed by atoms with E-state index in [0.717, 1.165) is 24.3 Å². The maximum atomic E-state index is 12.2. The lowest BCUT2D eigenvalue weighted by Gasteiger charge is -2.11. The highest BCUT2D eigenvalue weighted by Crippen LogP contribution is 2.30. The number of rotatable bonds is 4. The van der Waals surface area contributed by atoms with Crippen LogP contribution < -0.4 is 0 Å². The Labute approximate surface area is 102 Å². The van der Waals surface area contributed by atoms with E-state index in [1.807, 2.05) is 0 Å². The normalized spacial score (nSPS) is 14.5. The third kappa shape index (κ3) is 3.01. The van der Waals surface area contributed by atoms with Crippen LogP contribution in [-0.2, 0) is 9.84 Å². The van der Waals surface area contributed by atoms with Crippen LogP contribution in [0.3, 0.4) is 0 Å². The highest BCUT2D eigenvalue weighted by atomic mass is 32.2. The number of benzene rings is 1. The Bertz CT molecular complexity index is 493. The van der Waals surface area contributed by atoms with E-state index in [1.54, 1.807) is 0 Å². The molecule has 0 saturated heterocycles. The second-order valence-electron chi connectivity index (χ2n) is 3.55. The zero-order valence-corrected chi connectivity index (χ0v) is 9.87. The van der Waals surface area contributed by atoms with Crippen LogP contribution in [0.4, 0.5) is 13.2 Å². The minimum Gasteiger partial charge on any atom is -0.396 e. The Hall–Kier alpha value is -1.12. The van der Waals surface area contributed by atoms with E-state index in [2.05, 4.69) is 0 Å². The third-order valence-electron chi connectivity index (χ3n) is 2.28. The van der Waals surface area contributed by atoms with Crippen LogP contribution in [0, 0.1) is 0 Å². The van der Waals surface area contributed by atoms with Crippen LogP contribution in [0.15, 0.2) is 29.2 Å². The van der Waals surface area contributed by atoms with E-state index < -0.39 is 26.3 Å². The number of alkyl halides is 3. The van der Waals surface area contributed by atoms with Gasteiger partial charge in [-0.05, 0) is 17.7 Å². The van der Waals surface area contributed by atoms with Crippen LogP contribution in [0.2, 0.25) is 0 Å². The minimum atomic E-state index is -5.36. The van der Waals surface area contributed by atoms with E-state index in [4.69, 9.17) is 5.11 Å². The average molecular weight is 284 g/mol. The van der Waals surface area contributed by atoms with Crippen molar-refractivity contribution in [2.45, 2.75) is 22.9 Å². The molecule has 0 aliphatic heterocycles. The molecule has 0 spiro atoms. The van der Waals surface area contributed by atoms with Crippen molar-refractivity contribution in [1.82, 2.24) is 0 Å². The van der Waals surface area contributed by atoms with Gasteiger partial charge < -0.3 is 10.2 Å². The quantitative estimate of drug-likeness (QED) is 0.876. The summed E-state index contributed by atoms with van der Waals surface area (Å²) < 4.78 is 58.8. The summed E-state index contributed by atoms with van der Waals surface area (Å²) in [6.07, 6.45) is -1.02. The van der Waals surface area contributed by atoms with Gasteiger partial charge in [0, 0.05) is 13.0 Å². The first-order valence-electron chi connectivity index (χ1n) is 4.90. The van der Waals surface area contributed by atoms with Gasteiger partial charge in [-0.15, -0.1) is 0 Å². The molecule has 2 N–H and O–H groups in total. The summed E-state index contributed by atoms with van der Waals surface area (Å²) in [7, 11) is -5.36. The molecule has 0 bridgehead atoms. The lowest BCUT2D eigenvalue weighted by atomic mass is 10.1. The molecule has 102 valence electrons. The second kappa shape index (κ2) is 5.25. The van der Waals surface area contributed by atoms with Crippen molar-refractivity contribution in [3.8, 4) is 0 Å². The molecule has 0 aromatic heterocycles. The van der Waals surface area contributed by atoms with Gasteiger partial charge in [0.1, 0.15) is 0 Å². The van der Waals surface area contributed by atoms with Gasteiger partial charge in [-0.25, -0.2) is 8.42 Å². The molecule has 18 heavy (non-hydrogen) atoms. The number of hydrogen-bond acceptors (Lipinski definition) is 4. The average Bonchev–Trinajstić information content (AvgIpc) is 2.28. The van der Waals surface area contributed by atoms with Crippen LogP contribution in [0.25, 0.3) is 0 Å². The molecule has 0 aliphatic carbocycles. The third-order valence-corrected chi connectivity index (χ3v) is 3.78. The first-order chi connectivity index (χ1) is 8.20. The van der Waals surface area contributed by atoms with E-state index in [-0.39, 0.29) is 18.6 Å². The molecule has 1 atom stereocenters. The van der Waals surface area contributed by atoms with Gasteiger partial charge in [-0.1, -0.05) is 12.1 Å². The summed E-state index contributed by atoms with van der Waals surface area (Å²) in [5.74, 6) is 0. The molecular weight excluding hydrogens is 273 g/mol. The SMILES string of the molecule is O=S(=O)(c1ccc([C@H](O)CCO)cc1)C(F)(F)F. The number of halogens is 3. The summed E-state index contributed by atoms with van der Waals surface area (Å²) in [5, 5.41) is 18.0. The largest absolute Gasteiger partial charge is 0.501 e. The van der Waals surface area contributed by atoms with Crippen LogP contribution in [-0.4, -0.2) is 30.7 Å². The Kier molecular flexibility index (Phi) is 4.36. The van der Waals surface area contributed by atoms with Gasteiger partial charge >= 0.3 is 5.51 Å². The van der Waals surface area contributed by atoms with Crippen molar-refractivity contribution in [2.24, 2.45) is 0 Å². The molecule has 1 aromatic rings. The highest BCUT2D eigenvalue weighted by molar-refractivity contribution is 7.92. The first-order valence-corrected chi connectivity index (χ1v) is 6.38.